The second-order valence-electron chi connectivity index (χ2n) is 5.53. The molecule has 0 aliphatic rings. The molecule has 0 radical (unpaired) electrons. The molecule has 0 saturated carbocycles. The predicted molar refractivity (Wildman–Crippen MR) is 89.6 cm³/mol. The van der Waals surface area contributed by atoms with E-state index in [-0.39, 0.29) is 21.3 Å². The summed E-state index contributed by atoms with van der Waals surface area (Å²) in [5.41, 5.74) is 0. The van der Waals surface area contributed by atoms with Crippen molar-refractivity contribution >= 4 is 19.7 Å². The summed E-state index contributed by atoms with van der Waals surface area (Å²) in [4.78, 5) is 0.223. The van der Waals surface area contributed by atoms with Crippen molar-refractivity contribution in [2.45, 2.75) is 62.2 Å². The Labute approximate surface area is 134 Å². The van der Waals surface area contributed by atoms with Crippen molar-refractivity contribution in [1.29, 1.82) is 0 Å². The summed E-state index contributed by atoms with van der Waals surface area (Å²) in [6.07, 6.45) is 4.81. The molecule has 0 N–H and O–H groups in total. The van der Waals surface area contributed by atoms with Gasteiger partial charge in [-0.25, -0.2) is 16.8 Å². The first-order valence-electron chi connectivity index (χ1n) is 7.89. The van der Waals surface area contributed by atoms with Crippen LogP contribution in [0.15, 0.2) is 34.1 Å². The number of benzene rings is 1. The Kier molecular flexibility index (Phi) is 7.56. The van der Waals surface area contributed by atoms with Crippen LogP contribution in [0.3, 0.4) is 0 Å². The van der Waals surface area contributed by atoms with Crippen molar-refractivity contribution in [1.82, 2.24) is 0 Å². The van der Waals surface area contributed by atoms with E-state index >= 15 is 0 Å². The third kappa shape index (κ3) is 5.72. The highest BCUT2D eigenvalue weighted by atomic mass is 32.2. The van der Waals surface area contributed by atoms with Gasteiger partial charge >= 0.3 is 0 Å². The molecule has 0 bridgehead atoms. The summed E-state index contributed by atoms with van der Waals surface area (Å²) < 4.78 is 49.0. The SMILES string of the molecule is CCCCCS(=O)(=O)c1cccc(S(=O)(=O)CCCCC)c1. The van der Waals surface area contributed by atoms with Gasteiger partial charge in [-0.05, 0) is 31.0 Å². The van der Waals surface area contributed by atoms with Crippen LogP contribution in [0.4, 0.5) is 0 Å². The number of sulfone groups is 2. The molecule has 0 aliphatic carbocycles. The highest BCUT2D eigenvalue weighted by Gasteiger charge is 2.19. The molecule has 0 spiro atoms. The smallest absolute Gasteiger partial charge is 0.178 e. The number of rotatable bonds is 10. The van der Waals surface area contributed by atoms with Crippen molar-refractivity contribution in [3.63, 3.8) is 0 Å². The Morgan fingerprint density at radius 3 is 1.50 bits per heavy atom. The number of unbranched alkanes of at least 4 members (excludes halogenated alkanes) is 4. The van der Waals surface area contributed by atoms with E-state index in [0.717, 1.165) is 25.7 Å². The average molecular weight is 347 g/mol. The molecule has 6 heteroatoms. The van der Waals surface area contributed by atoms with Crippen LogP contribution in [-0.4, -0.2) is 28.3 Å². The first kappa shape index (κ1) is 19.2. The molecule has 0 atom stereocenters. The van der Waals surface area contributed by atoms with E-state index < -0.39 is 19.7 Å². The molecule has 22 heavy (non-hydrogen) atoms. The highest BCUT2D eigenvalue weighted by Crippen LogP contribution is 2.20. The topological polar surface area (TPSA) is 68.3 Å². The first-order valence-corrected chi connectivity index (χ1v) is 11.2. The molecular weight excluding hydrogens is 320 g/mol. The minimum absolute atomic E-state index is 0.0696. The molecule has 0 saturated heterocycles. The Hall–Kier alpha value is -0.880. The van der Waals surface area contributed by atoms with Gasteiger partial charge in [-0.2, -0.15) is 0 Å². The minimum atomic E-state index is -3.40. The van der Waals surface area contributed by atoms with Gasteiger partial charge in [-0.3, -0.25) is 0 Å². The van der Waals surface area contributed by atoms with E-state index in [9.17, 15) is 16.8 Å². The van der Waals surface area contributed by atoms with E-state index in [0.29, 0.717) is 12.8 Å². The summed E-state index contributed by atoms with van der Waals surface area (Å²) in [5, 5.41) is 0. The van der Waals surface area contributed by atoms with Gasteiger partial charge in [0.1, 0.15) is 0 Å². The van der Waals surface area contributed by atoms with Crippen LogP contribution in [-0.2, 0) is 19.7 Å². The minimum Gasteiger partial charge on any atom is -0.224 e. The van der Waals surface area contributed by atoms with Gasteiger partial charge in [0.25, 0.3) is 0 Å². The molecule has 0 fully saturated rings. The first-order chi connectivity index (χ1) is 10.3. The van der Waals surface area contributed by atoms with Crippen molar-refractivity contribution in [3.8, 4) is 0 Å². The van der Waals surface area contributed by atoms with Crippen LogP contribution < -0.4 is 0 Å². The van der Waals surface area contributed by atoms with Gasteiger partial charge in [0.05, 0.1) is 21.3 Å². The maximum Gasteiger partial charge on any atom is 0.178 e. The summed E-state index contributed by atoms with van der Waals surface area (Å²) in [7, 11) is -6.81. The van der Waals surface area contributed by atoms with Gasteiger partial charge < -0.3 is 0 Å². The van der Waals surface area contributed by atoms with E-state index in [4.69, 9.17) is 0 Å². The standard InChI is InChI=1S/C16H26O4S2/c1-3-5-7-12-21(17,18)15-10-9-11-16(14-15)22(19,20)13-8-6-4-2/h9-11,14H,3-8,12-13H2,1-2H3. The molecule has 4 nitrogen and oxygen atoms in total. The second kappa shape index (κ2) is 8.67. The fourth-order valence-corrected chi connectivity index (χ4v) is 5.08. The molecule has 126 valence electrons. The molecule has 1 aromatic carbocycles. The van der Waals surface area contributed by atoms with Gasteiger partial charge in [-0.15, -0.1) is 0 Å². The lowest BCUT2D eigenvalue weighted by atomic mass is 10.3. The highest BCUT2D eigenvalue weighted by molar-refractivity contribution is 7.92. The van der Waals surface area contributed by atoms with E-state index in [2.05, 4.69) is 0 Å². The van der Waals surface area contributed by atoms with Crippen molar-refractivity contribution in [3.05, 3.63) is 24.3 Å². The lowest BCUT2D eigenvalue weighted by molar-refractivity contribution is 0.589. The Bertz CT molecular complexity index is 606. The molecule has 0 heterocycles. The van der Waals surface area contributed by atoms with E-state index in [1.54, 1.807) is 0 Å². The largest absolute Gasteiger partial charge is 0.224 e. The van der Waals surface area contributed by atoms with Gasteiger partial charge in [0.2, 0.25) is 0 Å². The number of hydrogen-bond donors (Lipinski definition) is 0. The summed E-state index contributed by atoms with van der Waals surface area (Å²) in [6, 6.07) is 5.78. The van der Waals surface area contributed by atoms with Crippen LogP contribution in [0.25, 0.3) is 0 Å². The lowest BCUT2D eigenvalue weighted by Crippen LogP contribution is -2.10. The summed E-state index contributed by atoms with van der Waals surface area (Å²) >= 11 is 0. The fraction of sp³-hybridized carbons (Fsp3) is 0.625. The Morgan fingerprint density at radius 2 is 1.14 bits per heavy atom. The van der Waals surface area contributed by atoms with Crippen molar-refractivity contribution in [2.75, 3.05) is 11.5 Å². The van der Waals surface area contributed by atoms with E-state index in [1.165, 1.54) is 24.3 Å². The monoisotopic (exact) mass is 346 g/mol. The van der Waals surface area contributed by atoms with Gasteiger partial charge in [0, 0.05) is 0 Å². The third-order valence-electron chi connectivity index (χ3n) is 3.56. The van der Waals surface area contributed by atoms with Crippen LogP contribution >= 0.6 is 0 Å². The second-order valence-corrected chi connectivity index (χ2v) is 9.75. The molecule has 0 unspecified atom stereocenters. The van der Waals surface area contributed by atoms with Crippen molar-refractivity contribution in [2.24, 2.45) is 0 Å². The molecule has 0 aromatic heterocycles. The zero-order chi connectivity index (χ0) is 16.6. The fourth-order valence-electron chi connectivity index (χ4n) is 2.18. The molecule has 0 amide bonds. The normalized spacial score (nSPS) is 12.5. The van der Waals surface area contributed by atoms with E-state index in [1.807, 2.05) is 13.8 Å². The zero-order valence-corrected chi connectivity index (χ0v) is 15.0. The quantitative estimate of drug-likeness (QED) is 0.607. The Balaban J connectivity index is 2.94. The van der Waals surface area contributed by atoms with Gasteiger partial charge in [0.15, 0.2) is 19.7 Å². The molecular formula is C16H26O4S2. The van der Waals surface area contributed by atoms with Gasteiger partial charge in [-0.1, -0.05) is 45.6 Å². The maximum atomic E-state index is 12.3. The number of hydrogen-bond acceptors (Lipinski definition) is 4. The van der Waals surface area contributed by atoms with Crippen LogP contribution in [0.2, 0.25) is 0 Å². The van der Waals surface area contributed by atoms with Crippen LogP contribution in [0.1, 0.15) is 52.4 Å². The average Bonchev–Trinajstić information content (AvgIpc) is 2.48. The third-order valence-corrected chi connectivity index (χ3v) is 7.15. The lowest BCUT2D eigenvalue weighted by Gasteiger charge is -2.08. The zero-order valence-electron chi connectivity index (χ0n) is 13.4. The van der Waals surface area contributed by atoms with Crippen molar-refractivity contribution < 1.29 is 16.8 Å². The Morgan fingerprint density at radius 1 is 0.727 bits per heavy atom. The molecule has 0 aliphatic heterocycles. The maximum absolute atomic E-state index is 12.3. The van der Waals surface area contributed by atoms with Crippen LogP contribution in [0, 0.1) is 0 Å². The summed E-state index contributed by atoms with van der Waals surface area (Å²) in [6.45, 7) is 4.02. The molecule has 1 aromatic rings. The predicted octanol–water partition coefficient (Wildman–Crippen LogP) is 3.61. The summed E-state index contributed by atoms with van der Waals surface area (Å²) in [5.74, 6) is 0.139. The van der Waals surface area contributed by atoms with Crippen LogP contribution in [0.5, 0.6) is 0 Å². The molecule has 1 rings (SSSR count).